The van der Waals surface area contributed by atoms with Crippen molar-refractivity contribution in [1.82, 2.24) is 4.98 Å². The third-order valence-electron chi connectivity index (χ3n) is 2.59. The Morgan fingerprint density at radius 1 is 1.33 bits per heavy atom. The smallest absolute Gasteiger partial charge is 0.416 e. The van der Waals surface area contributed by atoms with Crippen molar-refractivity contribution in [1.29, 1.82) is 0 Å². The van der Waals surface area contributed by atoms with Crippen LogP contribution in [0, 0.1) is 0 Å². The molecule has 2 N–H and O–H groups in total. The fourth-order valence-corrected chi connectivity index (χ4v) is 2.43. The van der Waals surface area contributed by atoms with Crippen LogP contribution in [0.15, 0.2) is 24.3 Å². The van der Waals surface area contributed by atoms with Crippen molar-refractivity contribution in [2.45, 2.75) is 13.1 Å². The third kappa shape index (κ3) is 3.33. The summed E-state index contributed by atoms with van der Waals surface area (Å²) in [5.41, 5.74) is 5.40. The highest BCUT2D eigenvalue weighted by Crippen LogP contribution is 2.33. The van der Waals surface area contributed by atoms with Gasteiger partial charge in [0.05, 0.1) is 17.9 Å². The van der Waals surface area contributed by atoms with Crippen molar-refractivity contribution in [3.63, 3.8) is 0 Å². The number of hydrogen-bond donors (Lipinski definition) is 1. The summed E-state index contributed by atoms with van der Waals surface area (Å²) in [6.07, 6.45) is -4.41. The van der Waals surface area contributed by atoms with Gasteiger partial charge in [0.15, 0.2) is 5.13 Å². The number of esters is 1. The predicted octanol–water partition coefficient (Wildman–Crippen LogP) is 3.59. The van der Waals surface area contributed by atoms with Crippen LogP contribution in [0.2, 0.25) is 0 Å². The lowest BCUT2D eigenvalue weighted by Gasteiger charge is -2.07. The molecule has 0 atom stereocenters. The highest BCUT2D eigenvalue weighted by molar-refractivity contribution is 7.17. The minimum atomic E-state index is -4.41. The quantitative estimate of drug-likeness (QED) is 0.879. The Morgan fingerprint density at radius 2 is 1.95 bits per heavy atom. The summed E-state index contributed by atoms with van der Waals surface area (Å²) in [4.78, 5) is 16.0. The maximum absolute atomic E-state index is 12.5. The summed E-state index contributed by atoms with van der Waals surface area (Å²) in [6, 6.07) is 4.36. The summed E-state index contributed by atoms with van der Waals surface area (Å²) in [7, 11) is 0. The van der Waals surface area contributed by atoms with E-state index in [-0.39, 0.29) is 22.3 Å². The lowest BCUT2D eigenvalue weighted by atomic mass is 10.1. The third-order valence-corrected chi connectivity index (χ3v) is 3.45. The molecule has 112 valence electrons. The monoisotopic (exact) mass is 316 g/mol. The molecule has 0 saturated carbocycles. The van der Waals surface area contributed by atoms with E-state index in [1.54, 1.807) is 6.92 Å². The lowest BCUT2D eigenvalue weighted by Crippen LogP contribution is -2.05. The van der Waals surface area contributed by atoms with Crippen molar-refractivity contribution in [2.75, 3.05) is 12.3 Å². The van der Waals surface area contributed by atoms with Gasteiger partial charge in [-0.25, -0.2) is 9.78 Å². The first-order chi connectivity index (χ1) is 9.82. The molecule has 1 aromatic carbocycles. The molecule has 0 saturated heterocycles. The second kappa shape index (κ2) is 5.72. The van der Waals surface area contributed by atoms with Gasteiger partial charge in [-0.2, -0.15) is 13.2 Å². The van der Waals surface area contributed by atoms with Gasteiger partial charge in [0.2, 0.25) is 0 Å². The normalized spacial score (nSPS) is 11.4. The van der Waals surface area contributed by atoms with Gasteiger partial charge in [0.25, 0.3) is 0 Å². The highest BCUT2D eigenvalue weighted by atomic mass is 32.1. The number of benzene rings is 1. The number of nitrogens with zero attached hydrogens (tertiary/aromatic N) is 1. The maximum atomic E-state index is 12.5. The van der Waals surface area contributed by atoms with Gasteiger partial charge < -0.3 is 10.5 Å². The molecule has 0 bridgehead atoms. The molecule has 0 aliphatic heterocycles. The number of carbonyl (C=O) groups excluding carboxylic acids is 1. The van der Waals surface area contributed by atoms with Crippen LogP contribution in [-0.4, -0.2) is 17.6 Å². The number of halogens is 3. The average molecular weight is 316 g/mol. The number of nitrogens with two attached hydrogens (primary N) is 1. The number of ether oxygens (including phenoxy) is 1. The van der Waals surface area contributed by atoms with Crippen molar-refractivity contribution >= 4 is 22.4 Å². The van der Waals surface area contributed by atoms with Crippen molar-refractivity contribution in [3.05, 3.63) is 34.7 Å². The Kier molecular flexibility index (Phi) is 4.17. The second-order valence-electron chi connectivity index (χ2n) is 4.03. The molecule has 8 heteroatoms. The molecular weight excluding hydrogens is 305 g/mol. The SMILES string of the molecule is CCOC(=O)c1sc(N)nc1-c1ccc(C(F)(F)F)cc1. The number of carbonyl (C=O) groups is 1. The van der Waals surface area contributed by atoms with E-state index in [1.807, 2.05) is 0 Å². The molecule has 0 amide bonds. The highest BCUT2D eigenvalue weighted by Gasteiger charge is 2.30. The van der Waals surface area contributed by atoms with Crippen LogP contribution in [0.4, 0.5) is 18.3 Å². The van der Waals surface area contributed by atoms with E-state index in [0.717, 1.165) is 23.5 Å². The molecule has 0 radical (unpaired) electrons. The molecule has 2 aromatic rings. The number of nitrogen functional groups attached to an aromatic ring is 1. The van der Waals surface area contributed by atoms with Crippen molar-refractivity contribution < 1.29 is 22.7 Å². The molecule has 0 unspecified atom stereocenters. The van der Waals surface area contributed by atoms with E-state index in [2.05, 4.69) is 4.98 Å². The standard InChI is InChI=1S/C13H11F3N2O2S/c1-2-20-11(19)10-9(18-12(17)21-10)7-3-5-8(6-4-7)13(14,15)16/h3-6H,2H2,1H3,(H2,17,18). The first-order valence-electron chi connectivity index (χ1n) is 5.94. The van der Waals surface area contributed by atoms with Crippen LogP contribution >= 0.6 is 11.3 Å². The fourth-order valence-electron chi connectivity index (χ4n) is 1.68. The average Bonchev–Trinajstić information content (AvgIpc) is 2.80. The molecule has 21 heavy (non-hydrogen) atoms. The zero-order valence-corrected chi connectivity index (χ0v) is 11.7. The topological polar surface area (TPSA) is 65.2 Å². The molecule has 1 heterocycles. The van der Waals surface area contributed by atoms with E-state index in [4.69, 9.17) is 10.5 Å². The molecule has 0 spiro atoms. The van der Waals surface area contributed by atoms with Crippen LogP contribution in [0.1, 0.15) is 22.2 Å². The summed E-state index contributed by atoms with van der Waals surface area (Å²) in [5, 5.41) is 0.146. The largest absolute Gasteiger partial charge is 0.462 e. The lowest BCUT2D eigenvalue weighted by molar-refractivity contribution is -0.137. The number of anilines is 1. The van der Waals surface area contributed by atoms with Crippen LogP contribution in [0.3, 0.4) is 0 Å². The maximum Gasteiger partial charge on any atom is 0.416 e. The number of thiazole rings is 1. The molecular formula is C13H11F3N2O2S. The van der Waals surface area contributed by atoms with Gasteiger partial charge in [-0.3, -0.25) is 0 Å². The van der Waals surface area contributed by atoms with E-state index in [1.165, 1.54) is 12.1 Å². The minimum absolute atomic E-state index is 0.146. The van der Waals surface area contributed by atoms with Gasteiger partial charge in [-0.1, -0.05) is 23.5 Å². The van der Waals surface area contributed by atoms with E-state index in [9.17, 15) is 18.0 Å². The summed E-state index contributed by atoms with van der Waals surface area (Å²) < 4.78 is 42.5. The first-order valence-corrected chi connectivity index (χ1v) is 6.75. The molecule has 4 nitrogen and oxygen atoms in total. The van der Waals surface area contributed by atoms with Gasteiger partial charge in [-0.05, 0) is 19.1 Å². The Balaban J connectivity index is 2.40. The van der Waals surface area contributed by atoms with Crippen LogP contribution in [0.25, 0.3) is 11.3 Å². The van der Waals surface area contributed by atoms with E-state index < -0.39 is 17.7 Å². The fraction of sp³-hybridized carbons (Fsp3) is 0.231. The summed E-state index contributed by atoms with van der Waals surface area (Å²) in [6.45, 7) is 1.84. The van der Waals surface area contributed by atoms with Crippen LogP contribution < -0.4 is 5.73 Å². The zero-order valence-electron chi connectivity index (χ0n) is 10.9. The Morgan fingerprint density at radius 3 is 2.48 bits per heavy atom. The number of hydrogen-bond acceptors (Lipinski definition) is 5. The molecule has 0 aliphatic rings. The van der Waals surface area contributed by atoms with Gasteiger partial charge in [0, 0.05) is 5.56 Å². The van der Waals surface area contributed by atoms with E-state index in [0.29, 0.717) is 5.56 Å². The number of alkyl halides is 3. The Labute approximate surface area is 122 Å². The molecule has 1 aromatic heterocycles. The van der Waals surface area contributed by atoms with Gasteiger partial charge in [-0.15, -0.1) is 0 Å². The predicted molar refractivity (Wildman–Crippen MR) is 72.9 cm³/mol. The molecule has 2 rings (SSSR count). The second-order valence-corrected chi connectivity index (χ2v) is 5.06. The Hall–Kier alpha value is -2.09. The zero-order chi connectivity index (χ0) is 15.6. The van der Waals surface area contributed by atoms with Gasteiger partial charge in [0.1, 0.15) is 4.88 Å². The molecule has 0 aliphatic carbocycles. The van der Waals surface area contributed by atoms with Crippen LogP contribution in [-0.2, 0) is 10.9 Å². The number of rotatable bonds is 3. The van der Waals surface area contributed by atoms with Crippen LogP contribution in [0.5, 0.6) is 0 Å². The van der Waals surface area contributed by atoms with Crippen molar-refractivity contribution in [3.8, 4) is 11.3 Å². The summed E-state index contributed by atoms with van der Waals surface area (Å²) >= 11 is 0.937. The minimum Gasteiger partial charge on any atom is -0.462 e. The Bertz CT molecular complexity index is 650. The van der Waals surface area contributed by atoms with Crippen molar-refractivity contribution in [2.24, 2.45) is 0 Å². The number of aromatic nitrogens is 1. The summed E-state index contributed by atoms with van der Waals surface area (Å²) in [5.74, 6) is -0.596. The first kappa shape index (κ1) is 15.3. The van der Waals surface area contributed by atoms with E-state index >= 15 is 0 Å². The van der Waals surface area contributed by atoms with Gasteiger partial charge >= 0.3 is 12.1 Å². The molecule has 0 fully saturated rings.